The highest BCUT2D eigenvalue weighted by Crippen LogP contribution is 2.44. The fourth-order valence-electron chi connectivity index (χ4n) is 7.44. The Bertz CT molecular complexity index is 2390. The first-order valence-corrected chi connectivity index (χ1v) is 24.0. The van der Waals surface area contributed by atoms with Gasteiger partial charge in [-0.3, -0.25) is 19.1 Å². The van der Waals surface area contributed by atoms with Crippen molar-refractivity contribution in [3.8, 4) is 27.0 Å². The molecular weight excluding hydrogens is 837 g/mol. The Morgan fingerprint density at radius 1 is 1.00 bits per heavy atom. The number of aromatic nitrogens is 2. The van der Waals surface area contributed by atoms with Gasteiger partial charge < -0.3 is 25.0 Å². The summed E-state index contributed by atoms with van der Waals surface area (Å²) >= 11 is 2.96. The van der Waals surface area contributed by atoms with E-state index in [4.69, 9.17) is 19.4 Å². The van der Waals surface area contributed by atoms with E-state index >= 15 is 0 Å². The first-order chi connectivity index (χ1) is 29.0. The summed E-state index contributed by atoms with van der Waals surface area (Å²) in [7, 11) is -2.12. The second kappa shape index (κ2) is 18.2. The highest BCUT2D eigenvalue weighted by molar-refractivity contribution is 7.91. The molecule has 2 aromatic heterocycles. The minimum Gasteiger partial charge on any atom is -0.465 e. The molecule has 61 heavy (non-hydrogen) atoms. The lowest BCUT2D eigenvalue weighted by atomic mass is 10.0. The van der Waals surface area contributed by atoms with E-state index in [1.807, 2.05) is 66.1 Å². The van der Waals surface area contributed by atoms with Crippen molar-refractivity contribution in [3.63, 3.8) is 0 Å². The van der Waals surface area contributed by atoms with Gasteiger partial charge >= 0.3 is 6.09 Å². The number of amides is 4. The van der Waals surface area contributed by atoms with Crippen LogP contribution in [0.1, 0.15) is 85.5 Å². The maximum absolute atomic E-state index is 14.3. The summed E-state index contributed by atoms with van der Waals surface area (Å²) in [5.74, 6) is -1.47. The molecule has 2 aliphatic carbocycles. The molecule has 1 aliphatic heterocycles. The molecule has 4 aromatic rings. The number of likely N-dealkylation sites (N-methyl/N-ethyl adjacent to an activating group) is 1. The van der Waals surface area contributed by atoms with Crippen molar-refractivity contribution in [1.29, 1.82) is 0 Å². The molecule has 4 amide bonds. The highest BCUT2D eigenvalue weighted by atomic mass is 32.2. The van der Waals surface area contributed by atoms with Gasteiger partial charge in [0, 0.05) is 35.9 Å². The van der Waals surface area contributed by atoms with Crippen molar-refractivity contribution >= 4 is 66.7 Å². The second-order valence-corrected chi connectivity index (χ2v) is 21.3. The van der Waals surface area contributed by atoms with E-state index < -0.39 is 56.5 Å². The number of hydrogen-bond donors (Lipinski definition) is 3. The van der Waals surface area contributed by atoms with Crippen LogP contribution in [0.15, 0.2) is 66.1 Å². The van der Waals surface area contributed by atoms with Crippen molar-refractivity contribution in [3.05, 3.63) is 66.1 Å². The van der Waals surface area contributed by atoms with Gasteiger partial charge in [0.25, 0.3) is 5.19 Å². The minimum absolute atomic E-state index is 0.0214. The quantitative estimate of drug-likeness (QED) is 0.0723. The lowest BCUT2D eigenvalue weighted by molar-refractivity contribution is -0.140. The Hall–Kier alpha value is -4.87. The number of thiazole rings is 2. The highest BCUT2D eigenvalue weighted by Gasteiger charge is 2.52. The summed E-state index contributed by atoms with van der Waals surface area (Å²) in [6.45, 7) is 7.02. The molecule has 3 aliphatic rings. The van der Waals surface area contributed by atoms with Crippen molar-refractivity contribution in [2.75, 3.05) is 13.6 Å². The third kappa shape index (κ3) is 10.8. The van der Waals surface area contributed by atoms with Crippen LogP contribution in [0.3, 0.4) is 0 Å². The predicted octanol–water partition coefficient (Wildman–Crippen LogP) is 7.22. The van der Waals surface area contributed by atoms with Crippen molar-refractivity contribution < 1.29 is 37.1 Å². The minimum atomic E-state index is -3.64. The van der Waals surface area contributed by atoms with Crippen LogP contribution in [0.4, 0.5) is 4.79 Å². The molecule has 17 heteroatoms. The van der Waals surface area contributed by atoms with Gasteiger partial charge in [0.2, 0.25) is 27.7 Å². The van der Waals surface area contributed by atoms with E-state index in [2.05, 4.69) is 15.4 Å². The van der Waals surface area contributed by atoms with Gasteiger partial charge in [-0.25, -0.2) is 23.2 Å². The van der Waals surface area contributed by atoms with Crippen LogP contribution in [-0.2, 0) is 29.1 Å². The number of hydrogen-bond acceptors (Lipinski definition) is 12. The molecule has 0 bridgehead atoms. The second-order valence-electron chi connectivity index (χ2n) is 17.3. The van der Waals surface area contributed by atoms with E-state index in [1.165, 1.54) is 23.3 Å². The summed E-state index contributed by atoms with van der Waals surface area (Å²) in [6, 6.07) is 14.1. The van der Waals surface area contributed by atoms with Gasteiger partial charge in [-0.15, -0.1) is 11.3 Å². The monoisotopic (exact) mass is 890 g/mol. The van der Waals surface area contributed by atoms with Gasteiger partial charge in [-0.05, 0) is 78.2 Å². The number of unbranched alkanes of at least 4 members (excludes halogenated alkanes) is 3. The molecule has 5 atom stereocenters. The average Bonchev–Trinajstić information content (AvgIpc) is 3.96. The number of allylic oxidation sites excluding steroid dienone is 2. The summed E-state index contributed by atoms with van der Waals surface area (Å²) in [5.41, 5.74) is 2.86. The van der Waals surface area contributed by atoms with Crippen molar-refractivity contribution in [2.24, 2.45) is 11.8 Å². The maximum Gasteiger partial charge on any atom is 0.408 e. The smallest absolute Gasteiger partial charge is 0.408 e. The standard InChI is InChI=1S/C44H54N6O8S3/c1-43(2,3)58-41(54)47-33(19-13-8-6-7-10-17-28-23-31(28)37(51)49-61(55,56)44(4)21-22-44)40(53)50-25-29(24-35(50)38(52)45-5)57-42-48-32-20-14-18-30(36(32)60-42)39-46-34(26-59-39)27-15-11-9-12-16-27/h9-12,14-18,20,26,28-29,31,33,35H,6-8,13,19,21-25H2,1-5H3,(H,45,52)(H,47,54)(H,49,51)/b17-10-/t28-,29-,31+,33+,35+/m1/s1. The zero-order valence-electron chi connectivity index (χ0n) is 35.1. The van der Waals surface area contributed by atoms with E-state index in [0.29, 0.717) is 37.3 Å². The van der Waals surface area contributed by atoms with Crippen LogP contribution >= 0.6 is 22.7 Å². The number of nitrogens with one attached hydrogen (secondary N) is 3. The van der Waals surface area contributed by atoms with Crippen LogP contribution in [-0.4, -0.2) is 89.2 Å². The van der Waals surface area contributed by atoms with Crippen LogP contribution in [0.2, 0.25) is 0 Å². The first-order valence-electron chi connectivity index (χ1n) is 20.9. The van der Waals surface area contributed by atoms with E-state index in [9.17, 15) is 27.6 Å². The first kappa shape index (κ1) is 44.2. The predicted molar refractivity (Wildman–Crippen MR) is 236 cm³/mol. The van der Waals surface area contributed by atoms with Crippen LogP contribution in [0, 0.1) is 11.8 Å². The fraction of sp³-hybridized carbons (Fsp3) is 0.500. The Morgan fingerprint density at radius 2 is 1.77 bits per heavy atom. The normalized spacial score (nSPS) is 21.2. The topological polar surface area (TPSA) is 186 Å². The Morgan fingerprint density at radius 3 is 2.49 bits per heavy atom. The number of carbonyl (C=O) groups excluding carboxylic acids is 4. The van der Waals surface area contributed by atoms with Crippen molar-refractivity contribution in [2.45, 2.75) is 114 Å². The molecular formula is C44H54N6O8S3. The number of alkyl carbamates (subject to hydrolysis) is 1. The van der Waals surface area contributed by atoms with E-state index in [-0.39, 0.29) is 30.7 Å². The van der Waals surface area contributed by atoms with Gasteiger partial charge in [0.15, 0.2) is 0 Å². The molecule has 0 unspecified atom stereocenters. The lowest BCUT2D eigenvalue weighted by Gasteiger charge is -2.29. The number of fused-ring (bicyclic) bond motifs is 1. The molecule has 0 radical (unpaired) electrons. The molecule has 7 rings (SSSR count). The third-order valence-electron chi connectivity index (χ3n) is 11.3. The number of nitrogens with zero attached hydrogens (tertiary/aromatic N) is 3. The Kier molecular flexibility index (Phi) is 13.2. The zero-order chi connectivity index (χ0) is 43.5. The summed E-state index contributed by atoms with van der Waals surface area (Å²) in [5, 5.41) is 8.79. The summed E-state index contributed by atoms with van der Waals surface area (Å²) in [6.07, 6.45) is 8.00. The van der Waals surface area contributed by atoms with E-state index in [0.717, 1.165) is 51.3 Å². The molecule has 2 aromatic carbocycles. The van der Waals surface area contributed by atoms with Gasteiger partial charge in [-0.2, -0.15) is 0 Å². The zero-order valence-corrected chi connectivity index (χ0v) is 37.6. The number of rotatable bonds is 17. The lowest BCUT2D eigenvalue weighted by Crippen LogP contribution is -2.53. The number of sulfonamides is 1. The number of carbonyl (C=O) groups is 4. The maximum atomic E-state index is 14.3. The molecule has 326 valence electrons. The number of benzene rings is 2. The number of ether oxygens (including phenoxy) is 2. The average molecular weight is 891 g/mol. The molecule has 3 N–H and O–H groups in total. The van der Waals surface area contributed by atoms with Gasteiger partial charge in [-0.1, -0.05) is 78.8 Å². The van der Waals surface area contributed by atoms with Crippen LogP contribution in [0.25, 0.3) is 32.0 Å². The summed E-state index contributed by atoms with van der Waals surface area (Å²) in [4.78, 5) is 64.3. The molecule has 0 spiro atoms. The fourth-order valence-corrected chi connectivity index (χ4v) is 10.7. The van der Waals surface area contributed by atoms with Crippen LogP contribution in [0.5, 0.6) is 5.19 Å². The Labute approximate surface area is 365 Å². The number of likely N-dealkylation sites (tertiary alicyclic amines) is 1. The third-order valence-corrected chi connectivity index (χ3v) is 15.4. The van der Waals surface area contributed by atoms with Gasteiger partial charge in [0.05, 0.1) is 27.2 Å². The molecule has 3 fully saturated rings. The summed E-state index contributed by atoms with van der Waals surface area (Å²) < 4.78 is 39.2. The molecule has 14 nitrogen and oxygen atoms in total. The van der Waals surface area contributed by atoms with E-state index in [1.54, 1.807) is 39.0 Å². The molecule has 1 saturated heterocycles. The van der Waals surface area contributed by atoms with Crippen LogP contribution < -0.4 is 20.1 Å². The largest absolute Gasteiger partial charge is 0.465 e. The van der Waals surface area contributed by atoms with Gasteiger partial charge in [0.1, 0.15) is 28.8 Å². The Balaban J connectivity index is 0.962. The van der Waals surface area contributed by atoms with Crippen molar-refractivity contribution in [1.82, 2.24) is 30.2 Å². The molecule has 3 heterocycles. The SMILES string of the molecule is CNC(=O)[C@@H]1C[C@@H](Oc2nc3cccc(-c4nc(-c5ccccc5)cs4)c3s2)CN1C(=O)[C@H](CCCCC/C=C\[C@@H]1C[C@@H]1C(=O)NS(=O)(=O)C1(C)CC1)NC(=O)OC(C)(C)C. The molecule has 2 saturated carbocycles.